The van der Waals surface area contributed by atoms with Gasteiger partial charge in [0.1, 0.15) is 5.82 Å². The molecule has 0 radical (unpaired) electrons. The Labute approximate surface area is 149 Å². The third kappa shape index (κ3) is 2.86. The van der Waals surface area contributed by atoms with Gasteiger partial charge in [0.05, 0.1) is 31.0 Å². The smallest absolute Gasteiger partial charge is 0.166 e. The monoisotopic (exact) mass is 349 g/mol. The number of furan rings is 1. The third-order valence-electron chi connectivity index (χ3n) is 4.30. The molecule has 0 atom stereocenters. The van der Waals surface area contributed by atoms with Crippen molar-refractivity contribution in [1.82, 2.24) is 4.98 Å². The summed E-state index contributed by atoms with van der Waals surface area (Å²) < 4.78 is 23.7. The zero-order chi connectivity index (χ0) is 18.1. The first-order valence-electron chi connectivity index (χ1n) is 8.05. The molecule has 2 N–H and O–H groups in total. The molecule has 0 saturated carbocycles. The molecular weight excluding hydrogens is 333 g/mol. The van der Waals surface area contributed by atoms with Crippen LogP contribution in [0.1, 0.15) is 23.1 Å². The Kier molecular flexibility index (Phi) is 4.01. The highest BCUT2D eigenvalue weighted by Gasteiger charge is 2.23. The molecule has 130 valence electrons. The molecule has 0 amide bonds. The zero-order valence-electron chi connectivity index (χ0n) is 14.1. The fourth-order valence-electron chi connectivity index (χ4n) is 2.96. The number of aliphatic imine (C=N–C) groups is 1. The van der Waals surface area contributed by atoms with E-state index in [-0.39, 0.29) is 5.82 Å². The minimum Gasteiger partial charge on any atom is -0.493 e. The van der Waals surface area contributed by atoms with Crippen LogP contribution in [-0.2, 0) is 0 Å². The number of methoxy groups -OCH3 is 1. The predicted molar refractivity (Wildman–Crippen MR) is 98.3 cm³/mol. The van der Waals surface area contributed by atoms with Gasteiger partial charge in [-0.1, -0.05) is 12.1 Å². The first-order chi connectivity index (χ1) is 12.7. The number of aromatic nitrogens is 1. The van der Waals surface area contributed by atoms with Crippen molar-refractivity contribution < 1.29 is 13.5 Å². The number of pyridine rings is 1. The summed E-state index contributed by atoms with van der Waals surface area (Å²) in [4.78, 5) is 8.99. The number of ether oxygens (including phenoxy) is 1. The molecular formula is C20H16FN3O2. The van der Waals surface area contributed by atoms with Crippen LogP contribution in [0.2, 0.25) is 0 Å². The Morgan fingerprint density at radius 3 is 2.62 bits per heavy atom. The largest absolute Gasteiger partial charge is 0.493 e. The van der Waals surface area contributed by atoms with Crippen molar-refractivity contribution >= 4 is 22.8 Å². The highest BCUT2D eigenvalue weighted by Crippen LogP contribution is 2.38. The lowest BCUT2D eigenvalue weighted by Crippen LogP contribution is -2.00. The molecule has 1 aromatic carbocycles. The number of rotatable bonds is 4. The molecule has 0 bridgehead atoms. The number of hydrogen-bond acceptors (Lipinski definition) is 5. The minimum absolute atomic E-state index is 0.275. The Bertz CT molecular complexity index is 1010. The summed E-state index contributed by atoms with van der Waals surface area (Å²) in [6.45, 7) is 0. The summed E-state index contributed by atoms with van der Waals surface area (Å²) in [5.74, 6) is 0.569. The predicted octanol–water partition coefficient (Wildman–Crippen LogP) is 4.17. The lowest BCUT2D eigenvalue weighted by molar-refractivity contribution is 0.415. The summed E-state index contributed by atoms with van der Waals surface area (Å²) in [5, 5.41) is 0. The molecule has 3 heterocycles. The standard InChI is InChI=1S/C20H16FN3O2/c1-25-18-8-14(10-23-20(18)22)16-9-17(12-2-4-15(21)5-3-12)24-19(16)13-6-7-26-11-13/h2-8,10-11H,9H2,1H3,(H2,22,23). The molecule has 0 spiro atoms. The van der Waals surface area contributed by atoms with E-state index in [9.17, 15) is 4.39 Å². The van der Waals surface area contributed by atoms with E-state index < -0.39 is 0 Å². The van der Waals surface area contributed by atoms with Crippen molar-refractivity contribution in [3.05, 3.63) is 77.6 Å². The van der Waals surface area contributed by atoms with E-state index in [0.717, 1.165) is 33.7 Å². The first-order valence-corrected chi connectivity index (χ1v) is 8.05. The highest BCUT2D eigenvalue weighted by molar-refractivity contribution is 6.16. The van der Waals surface area contributed by atoms with E-state index in [1.54, 1.807) is 38.0 Å². The molecule has 0 unspecified atom stereocenters. The van der Waals surface area contributed by atoms with Gasteiger partial charge in [0.25, 0.3) is 0 Å². The van der Waals surface area contributed by atoms with Gasteiger partial charge in [0.15, 0.2) is 11.6 Å². The maximum atomic E-state index is 13.2. The van der Waals surface area contributed by atoms with E-state index in [0.29, 0.717) is 18.0 Å². The first kappa shape index (κ1) is 16.1. The second-order valence-corrected chi connectivity index (χ2v) is 5.89. The van der Waals surface area contributed by atoms with Crippen LogP contribution >= 0.6 is 0 Å². The quantitative estimate of drug-likeness (QED) is 0.767. The number of hydrogen-bond donors (Lipinski definition) is 1. The van der Waals surface area contributed by atoms with Gasteiger partial charge in [-0.2, -0.15) is 0 Å². The van der Waals surface area contributed by atoms with Crippen LogP contribution in [0.4, 0.5) is 10.2 Å². The molecule has 0 saturated heterocycles. The van der Waals surface area contributed by atoms with Gasteiger partial charge in [-0.05, 0) is 35.4 Å². The summed E-state index contributed by atoms with van der Waals surface area (Å²) >= 11 is 0. The zero-order valence-corrected chi connectivity index (χ0v) is 14.1. The number of nitrogen functional groups attached to an aromatic ring is 1. The van der Waals surface area contributed by atoms with E-state index in [1.807, 2.05) is 12.1 Å². The average Bonchev–Trinajstić information content (AvgIpc) is 3.32. The normalized spacial score (nSPS) is 13.8. The molecule has 2 aromatic heterocycles. The molecule has 1 aliphatic heterocycles. The molecule has 3 aromatic rings. The van der Waals surface area contributed by atoms with Crippen LogP contribution in [-0.4, -0.2) is 17.8 Å². The van der Waals surface area contributed by atoms with Gasteiger partial charge in [-0.25, -0.2) is 9.37 Å². The minimum atomic E-state index is -0.275. The fourth-order valence-corrected chi connectivity index (χ4v) is 2.96. The molecule has 26 heavy (non-hydrogen) atoms. The molecule has 6 heteroatoms. The number of halogens is 1. The van der Waals surface area contributed by atoms with E-state index in [1.165, 1.54) is 12.1 Å². The summed E-state index contributed by atoms with van der Waals surface area (Å²) in [6.07, 6.45) is 5.54. The average molecular weight is 349 g/mol. The van der Waals surface area contributed by atoms with Gasteiger partial charge in [0.2, 0.25) is 0 Å². The van der Waals surface area contributed by atoms with Crippen molar-refractivity contribution in [1.29, 1.82) is 0 Å². The Hall–Kier alpha value is -3.41. The maximum Gasteiger partial charge on any atom is 0.166 e. The van der Waals surface area contributed by atoms with Crippen LogP contribution in [0.25, 0.3) is 11.3 Å². The number of nitrogens with two attached hydrogens (primary N) is 1. The van der Waals surface area contributed by atoms with Crippen LogP contribution in [0.15, 0.2) is 64.5 Å². The van der Waals surface area contributed by atoms with E-state index in [2.05, 4.69) is 4.98 Å². The molecule has 5 nitrogen and oxygen atoms in total. The van der Waals surface area contributed by atoms with Crippen LogP contribution in [0, 0.1) is 5.82 Å². The molecule has 4 rings (SSSR count). The van der Waals surface area contributed by atoms with E-state index in [4.69, 9.17) is 19.9 Å². The van der Waals surface area contributed by atoms with Crippen molar-refractivity contribution in [3.8, 4) is 5.75 Å². The van der Waals surface area contributed by atoms with Gasteiger partial charge in [-0.15, -0.1) is 0 Å². The van der Waals surface area contributed by atoms with Gasteiger partial charge in [-0.3, -0.25) is 4.99 Å². The lowest BCUT2D eigenvalue weighted by Gasteiger charge is -2.09. The molecule has 0 fully saturated rings. The lowest BCUT2D eigenvalue weighted by atomic mass is 9.97. The third-order valence-corrected chi connectivity index (χ3v) is 4.30. The maximum absolute atomic E-state index is 13.2. The second-order valence-electron chi connectivity index (χ2n) is 5.89. The SMILES string of the molecule is COc1cc(C2=C(c3ccoc3)N=C(c3ccc(F)cc3)C2)cnc1N. The summed E-state index contributed by atoms with van der Waals surface area (Å²) in [7, 11) is 1.55. The molecule has 0 aliphatic carbocycles. The Morgan fingerprint density at radius 2 is 1.92 bits per heavy atom. The Morgan fingerprint density at radius 1 is 1.12 bits per heavy atom. The van der Waals surface area contributed by atoms with Crippen LogP contribution in [0.5, 0.6) is 5.75 Å². The van der Waals surface area contributed by atoms with Gasteiger partial charge >= 0.3 is 0 Å². The Balaban J connectivity index is 1.79. The van der Waals surface area contributed by atoms with Crippen molar-refractivity contribution in [2.24, 2.45) is 4.99 Å². The second kappa shape index (κ2) is 6.48. The van der Waals surface area contributed by atoms with Crippen LogP contribution in [0.3, 0.4) is 0 Å². The van der Waals surface area contributed by atoms with Gasteiger partial charge in [0, 0.05) is 23.7 Å². The van der Waals surface area contributed by atoms with Gasteiger partial charge < -0.3 is 14.9 Å². The number of nitrogens with zero attached hydrogens (tertiary/aromatic N) is 2. The van der Waals surface area contributed by atoms with E-state index >= 15 is 0 Å². The number of allylic oxidation sites excluding steroid dienone is 1. The summed E-state index contributed by atoms with van der Waals surface area (Å²) in [5.41, 5.74) is 11.1. The van der Waals surface area contributed by atoms with Crippen molar-refractivity contribution in [2.75, 3.05) is 12.8 Å². The molecule has 1 aliphatic rings. The topological polar surface area (TPSA) is 73.6 Å². The van der Waals surface area contributed by atoms with Crippen molar-refractivity contribution in [2.45, 2.75) is 6.42 Å². The highest BCUT2D eigenvalue weighted by atomic mass is 19.1. The van der Waals surface area contributed by atoms with Crippen molar-refractivity contribution in [3.63, 3.8) is 0 Å². The number of anilines is 1. The fraction of sp³-hybridized carbons (Fsp3) is 0.100. The van der Waals surface area contributed by atoms with Crippen LogP contribution < -0.4 is 10.5 Å². The summed E-state index contributed by atoms with van der Waals surface area (Å²) in [6, 6.07) is 10.0. The number of benzene rings is 1.